The monoisotopic (exact) mass is 373 g/mol. The van der Waals surface area contributed by atoms with E-state index in [1.165, 1.54) is 17.7 Å². The van der Waals surface area contributed by atoms with Gasteiger partial charge in [0.15, 0.2) is 0 Å². The Hall–Kier alpha value is -1.78. The van der Waals surface area contributed by atoms with Crippen molar-refractivity contribution in [3.63, 3.8) is 0 Å². The van der Waals surface area contributed by atoms with Crippen molar-refractivity contribution in [2.75, 3.05) is 13.2 Å². The predicted octanol–water partition coefficient (Wildman–Crippen LogP) is 5.36. The van der Waals surface area contributed by atoms with Crippen LogP contribution in [0.3, 0.4) is 0 Å². The van der Waals surface area contributed by atoms with Gasteiger partial charge in [-0.15, -0.1) is 0 Å². The molecule has 1 aliphatic rings. The minimum absolute atomic E-state index is 0.0213. The fraction of sp³-hybridized carbons (Fsp3) is 0.478. The Morgan fingerprint density at radius 2 is 1.63 bits per heavy atom. The Kier molecular flexibility index (Phi) is 6.28. The van der Waals surface area contributed by atoms with E-state index in [2.05, 4.69) is 19.2 Å². The molecule has 0 unspecified atom stereocenters. The molecule has 3 rings (SSSR count). The molecular weight excluding hydrogens is 344 g/mol. The van der Waals surface area contributed by atoms with Crippen LogP contribution < -0.4 is 5.32 Å². The smallest absolute Gasteiger partial charge is 0.123 e. The molecule has 0 spiro atoms. The van der Waals surface area contributed by atoms with Gasteiger partial charge in [0.1, 0.15) is 11.6 Å². The highest BCUT2D eigenvalue weighted by Gasteiger charge is 2.43. The largest absolute Gasteiger partial charge is 0.375 e. The molecule has 2 aromatic rings. The normalized spacial score (nSPS) is 25.5. The summed E-state index contributed by atoms with van der Waals surface area (Å²) in [6, 6.07) is 13.6. The Balaban J connectivity index is 1.70. The second-order valence-electron chi connectivity index (χ2n) is 7.92. The average Bonchev–Trinajstić information content (AvgIpc) is 2.67. The third kappa shape index (κ3) is 4.94. The summed E-state index contributed by atoms with van der Waals surface area (Å²) in [6.07, 6.45) is 3.78. The molecule has 0 saturated carbocycles. The molecule has 0 radical (unpaired) electrons. The SMILES string of the molecule is CC[C@]1(C)C[C@@](CCNCc2ccc(F)cc2)(c2ccc(F)cc2)CCO1. The van der Waals surface area contributed by atoms with E-state index in [1.807, 2.05) is 12.1 Å². The second-order valence-corrected chi connectivity index (χ2v) is 7.92. The van der Waals surface area contributed by atoms with E-state index in [0.717, 1.165) is 44.4 Å². The van der Waals surface area contributed by atoms with Gasteiger partial charge in [-0.2, -0.15) is 0 Å². The van der Waals surface area contributed by atoms with Crippen molar-refractivity contribution in [1.29, 1.82) is 0 Å². The highest BCUT2D eigenvalue weighted by molar-refractivity contribution is 5.28. The number of benzene rings is 2. The second kappa shape index (κ2) is 8.49. The summed E-state index contributed by atoms with van der Waals surface area (Å²) in [6.45, 7) is 6.61. The van der Waals surface area contributed by atoms with Gasteiger partial charge in [-0.1, -0.05) is 31.2 Å². The Labute approximate surface area is 160 Å². The van der Waals surface area contributed by atoms with Crippen LogP contribution in [-0.2, 0) is 16.7 Å². The first-order chi connectivity index (χ1) is 12.9. The molecule has 2 atom stereocenters. The lowest BCUT2D eigenvalue weighted by Crippen LogP contribution is -2.46. The van der Waals surface area contributed by atoms with Gasteiger partial charge in [-0.3, -0.25) is 0 Å². The van der Waals surface area contributed by atoms with Gasteiger partial charge in [0, 0.05) is 18.6 Å². The fourth-order valence-corrected chi connectivity index (χ4v) is 4.15. The van der Waals surface area contributed by atoms with Crippen LogP contribution >= 0.6 is 0 Å². The molecule has 146 valence electrons. The van der Waals surface area contributed by atoms with Gasteiger partial charge >= 0.3 is 0 Å². The molecule has 0 amide bonds. The molecule has 1 fully saturated rings. The summed E-state index contributed by atoms with van der Waals surface area (Å²) < 4.78 is 32.6. The number of nitrogens with one attached hydrogen (secondary N) is 1. The lowest BCUT2D eigenvalue weighted by Gasteiger charge is -2.47. The van der Waals surface area contributed by atoms with Crippen LogP contribution in [0, 0.1) is 11.6 Å². The van der Waals surface area contributed by atoms with Crippen LogP contribution in [0.15, 0.2) is 48.5 Å². The maximum Gasteiger partial charge on any atom is 0.123 e. The topological polar surface area (TPSA) is 21.3 Å². The molecule has 2 aromatic carbocycles. The van der Waals surface area contributed by atoms with Crippen molar-refractivity contribution < 1.29 is 13.5 Å². The zero-order valence-corrected chi connectivity index (χ0v) is 16.2. The van der Waals surface area contributed by atoms with Crippen molar-refractivity contribution in [3.05, 3.63) is 71.3 Å². The van der Waals surface area contributed by atoms with Gasteiger partial charge < -0.3 is 10.1 Å². The molecule has 2 nitrogen and oxygen atoms in total. The van der Waals surface area contributed by atoms with Crippen LogP contribution in [0.2, 0.25) is 0 Å². The minimum Gasteiger partial charge on any atom is -0.375 e. The van der Waals surface area contributed by atoms with E-state index in [4.69, 9.17) is 4.74 Å². The maximum atomic E-state index is 13.5. The standard InChI is InChI=1S/C23H29F2NO/c1-3-22(2)17-23(13-15-27-22,19-6-10-21(25)11-7-19)12-14-26-16-18-4-8-20(24)9-5-18/h4-11,26H,3,12-17H2,1-2H3/t22-,23+/m1/s1. The first-order valence-corrected chi connectivity index (χ1v) is 9.80. The number of ether oxygens (including phenoxy) is 1. The lowest BCUT2D eigenvalue weighted by atomic mass is 9.66. The van der Waals surface area contributed by atoms with Crippen LogP contribution in [0.1, 0.15) is 50.7 Å². The van der Waals surface area contributed by atoms with Crippen LogP contribution in [0.5, 0.6) is 0 Å². The Morgan fingerprint density at radius 1 is 1.00 bits per heavy atom. The summed E-state index contributed by atoms with van der Waals surface area (Å²) in [5.41, 5.74) is 2.09. The van der Waals surface area contributed by atoms with Crippen molar-refractivity contribution in [1.82, 2.24) is 5.32 Å². The van der Waals surface area contributed by atoms with E-state index < -0.39 is 0 Å². The summed E-state index contributed by atoms with van der Waals surface area (Å²) in [7, 11) is 0. The zero-order chi connectivity index (χ0) is 19.3. The Morgan fingerprint density at radius 3 is 2.26 bits per heavy atom. The molecule has 1 aliphatic heterocycles. The number of hydrogen-bond donors (Lipinski definition) is 1. The van der Waals surface area contributed by atoms with Gasteiger partial charge in [-0.05, 0) is 74.5 Å². The molecular formula is C23H29F2NO. The number of halogens is 2. The van der Waals surface area contributed by atoms with E-state index in [-0.39, 0.29) is 22.7 Å². The number of hydrogen-bond acceptors (Lipinski definition) is 2. The fourth-order valence-electron chi connectivity index (χ4n) is 4.15. The first kappa shape index (κ1) is 20.0. The minimum atomic E-state index is -0.213. The van der Waals surface area contributed by atoms with E-state index in [1.54, 1.807) is 24.3 Å². The summed E-state index contributed by atoms with van der Waals surface area (Å²) in [5, 5.41) is 3.48. The molecule has 1 heterocycles. The lowest BCUT2D eigenvalue weighted by molar-refractivity contribution is -0.0979. The van der Waals surface area contributed by atoms with E-state index in [0.29, 0.717) is 6.54 Å². The third-order valence-corrected chi connectivity index (χ3v) is 5.97. The molecule has 0 aliphatic carbocycles. The molecule has 1 saturated heterocycles. The van der Waals surface area contributed by atoms with Crippen LogP contribution in [0.4, 0.5) is 8.78 Å². The molecule has 0 aromatic heterocycles. The van der Waals surface area contributed by atoms with Gasteiger partial charge in [-0.25, -0.2) is 8.78 Å². The summed E-state index contributed by atoms with van der Waals surface area (Å²) >= 11 is 0. The Bertz CT molecular complexity index is 731. The zero-order valence-electron chi connectivity index (χ0n) is 16.2. The van der Waals surface area contributed by atoms with Gasteiger partial charge in [0.2, 0.25) is 0 Å². The third-order valence-electron chi connectivity index (χ3n) is 5.97. The van der Waals surface area contributed by atoms with Crippen LogP contribution in [0.25, 0.3) is 0 Å². The van der Waals surface area contributed by atoms with Crippen molar-refractivity contribution >= 4 is 0 Å². The van der Waals surface area contributed by atoms with Gasteiger partial charge in [0.05, 0.1) is 5.60 Å². The van der Waals surface area contributed by atoms with E-state index in [9.17, 15) is 8.78 Å². The van der Waals surface area contributed by atoms with Gasteiger partial charge in [0.25, 0.3) is 0 Å². The molecule has 4 heteroatoms. The molecule has 1 N–H and O–H groups in total. The van der Waals surface area contributed by atoms with Crippen molar-refractivity contribution in [3.8, 4) is 0 Å². The van der Waals surface area contributed by atoms with E-state index >= 15 is 0 Å². The first-order valence-electron chi connectivity index (χ1n) is 9.80. The van der Waals surface area contributed by atoms with Crippen LogP contribution in [-0.4, -0.2) is 18.8 Å². The number of rotatable bonds is 7. The average molecular weight is 373 g/mol. The quantitative estimate of drug-likeness (QED) is 0.660. The maximum absolute atomic E-state index is 13.5. The summed E-state index contributed by atoms with van der Waals surface area (Å²) in [5.74, 6) is -0.413. The molecule has 27 heavy (non-hydrogen) atoms. The molecule has 0 bridgehead atoms. The highest BCUT2D eigenvalue weighted by Crippen LogP contribution is 2.45. The van der Waals surface area contributed by atoms with Crippen molar-refractivity contribution in [2.45, 2.75) is 57.1 Å². The predicted molar refractivity (Wildman–Crippen MR) is 105 cm³/mol. The highest BCUT2D eigenvalue weighted by atomic mass is 19.1. The van der Waals surface area contributed by atoms with Crippen molar-refractivity contribution in [2.24, 2.45) is 0 Å². The summed E-state index contributed by atoms with van der Waals surface area (Å²) in [4.78, 5) is 0.